The maximum Gasteiger partial charge on any atom is 0.254 e. The highest BCUT2D eigenvalue weighted by molar-refractivity contribution is 5.94. The Kier molecular flexibility index (Phi) is 6.09. The van der Waals surface area contributed by atoms with Crippen LogP contribution in [0.1, 0.15) is 33.8 Å². The van der Waals surface area contributed by atoms with E-state index < -0.39 is 0 Å². The molecule has 0 spiro atoms. The van der Waals surface area contributed by atoms with Crippen LogP contribution in [0.25, 0.3) is 0 Å². The van der Waals surface area contributed by atoms with E-state index in [2.05, 4.69) is 22.0 Å². The number of pyridine rings is 1. The van der Waals surface area contributed by atoms with Gasteiger partial charge in [0.25, 0.3) is 5.91 Å². The lowest BCUT2D eigenvalue weighted by Gasteiger charge is -2.39. The van der Waals surface area contributed by atoms with Crippen molar-refractivity contribution in [3.8, 4) is 5.75 Å². The minimum atomic E-state index is -0.235. The molecule has 170 valence electrons. The summed E-state index contributed by atoms with van der Waals surface area (Å²) in [5.74, 6) is 1.15. The fraction of sp³-hybridized carbons (Fsp3) is 0.333. The van der Waals surface area contributed by atoms with Gasteiger partial charge in [0, 0.05) is 62.0 Å². The van der Waals surface area contributed by atoms with Crippen molar-refractivity contribution < 1.29 is 13.9 Å². The van der Waals surface area contributed by atoms with Crippen LogP contribution in [-0.4, -0.2) is 53.5 Å². The molecule has 0 aliphatic carbocycles. The number of rotatable bonds is 5. The number of ether oxygens (including phenoxy) is 1. The molecule has 2 aromatic carbocycles. The Hall–Kier alpha value is -3.25. The molecule has 2 aliphatic rings. The predicted octanol–water partition coefficient (Wildman–Crippen LogP) is 4.36. The number of halogens is 1. The quantitative estimate of drug-likeness (QED) is 0.586. The first-order chi connectivity index (χ1) is 16.1. The number of hydrogen-bond donors (Lipinski definition) is 0. The Bertz CT molecular complexity index is 1110. The van der Waals surface area contributed by atoms with Gasteiger partial charge in [-0.3, -0.25) is 14.7 Å². The summed E-state index contributed by atoms with van der Waals surface area (Å²) >= 11 is 0. The van der Waals surface area contributed by atoms with Crippen molar-refractivity contribution in [3.05, 3.63) is 95.6 Å². The molecule has 0 radical (unpaired) electrons. The van der Waals surface area contributed by atoms with Crippen molar-refractivity contribution in [1.82, 2.24) is 14.8 Å². The molecule has 5 nitrogen and oxygen atoms in total. The van der Waals surface area contributed by atoms with Gasteiger partial charge in [-0.15, -0.1) is 0 Å². The van der Waals surface area contributed by atoms with Gasteiger partial charge in [0.1, 0.15) is 11.6 Å². The maximum atomic E-state index is 13.6. The number of fused-ring (bicyclic) bond motifs is 1. The van der Waals surface area contributed by atoms with Crippen molar-refractivity contribution in [1.29, 1.82) is 0 Å². The Morgan fingerprint density at radius 2 is 1.88 bits per heavy atom. The zero-order chi connectivity index (χ0) is 22.8. The van der Waals surface area contributed by atoms with Crippen LogP contribution >= 0.6 is 0 Å². The summed E-state index contributed by atoms with van der Waals surface area (Å²) in [6.45, 7) is 3.31. The van der Waals surface area contributed by atoms with Gasteiger partial charge < -0.3 is 9.64 Å². The average Bonchev–Trinajstić information content (AvgIpc) is 3.23. The topological polar surface area (TPSA) is 45.7 Å². The number of amides is 1. The van der Waals surface area contributed by atoms with Gasteiger partial charge in [0.2, 0.25) is 0 Å². The molecule has 6 heteroatoms. The third-order valence-electron chi connectivity index (χ3n) is 7.04. The highest BCUT2D eigenvalue weighted by Gasteiger charge is 2.47. The van der Waals surface area contributed by atoms with Gasteiger partial charge in [0.15, 0.2) is 0 Å². The monoisotopic (exact) mass is 445 g/mol. The Morgan fingerprint density at radius 1 is 1.09 bits per heavy atom. The van der Waals surface area contributed by atoms with E-state index in [0.717, 1.165) is 37.4 Å². The second-order valence-electron chi connectivity index (χ2n) is 8.96. The summed E-state index contributed by atoms with van der Waals surface area (Å²) in [5.41, 5.74) is 2.98. The van der Waals surface area contributed by atoms with Crippen molar-refractivity contribution in [2.24, 2.45) is 5.92 Å². The largest absolute Gasteiger partial charge is 0.497 e. The molecule has 3 atom stereocenters. The Morgan fingerprint density at radius 3 is 2.64 bits per heavy atom. The third-order valence-corrected chi connectivity index (χ3v) is 7.04. The lowest BCUT2D eigenvalue weighted by atomic mass is 9.81. The summed E-state index contributed by atoms with van der Waals surface area (Å²) in [5, 5.41) is 0. The van der Waals surface area contributed by atoms with Crippen LogP contribution in [0.5, 0.6) is 5.75 Å². The van der Waals surface area contributed by atoms with E-state index in [9.17, 15) is 9.18 Å². The van der Waals surface area contributed by atoms with Crippen LogP contribution in [0.3, 0.4) is 0 Å². The van der Waals surface area contributed by atoms with Crippen molar-refractivity contribution in [3.63, 3.8) is 0 Å². The third kappa shape index (κ3) is 4.48. The first kappa shape index (κ1) is 21.6. The standard InChI is InChI=1S/C27H28FN3O2/c1-33-23-4-2-3-19(15-23)16-30-14-11-26-25(17-30)24(20-5-7-22(28)8-6-20)18-31(26)27(32)21-9-12-29-13-10-21/h2-10,12-13,15,24-26H,11,14,16-18H2,1H3/t24-,25-,26-/m0/s1. The van der Waals surface area contributed by atoms with Gasteiger partial charge in [-0.05, 0) is 53.9 Å². The predicted molar refractivity (Wildman–Crippen MR) is 125 cm³/mol. The minimum Gasteiger partial charge on any atom is -0.497 e. The van der Waals surface area contributed by atoms with E-state index in [1.54, 1.807) is 31.6 Å². The number of likely N-dealkylation sites (tertiary alicyclic amines) is 2. The fourth-order valence-corrected chi connectivity index (χ4v) is 5.43. The average molecular weight is 446 g/mol. The minimum absolute atomic E-state index is 0.0539. The second kappa shape index (κ2) is 9.32. The van der Waals surface area contributed by atoms with E-state index in [1.807, 2.05) is 29.2 Å². The van der Waals surface area contributed by atoms with Gasteiger partial charge in [-0.25, -0.2) is 4.39 Å². The molecule has 0 bridgehead atoms. The van der Waals surface area contributed by atoms with Crippen LogP contribution in [0.15, 0.2) is 73.1 Å². The smallest absolute Gasteiger partial charge is 0.254 e. The Labute approximate surface area is 193 Å². The first-order valence-electron chi connectivity index (χ1n) is 11.4. The summed E-state index contributed by atoms with van der Waals surface area (Å²) in [6.07, 6.45) is 4.24. The normalized spacial score (nSPS) is 22.7. The molecule has 0 N–H and O–H groups in total. The molecule has 1 aromatic heterocycles. The molecule has 0 saturated carbocycles. The van der Waals surface area contributed by atoms with Crippen molar-refractivity contribution >= 4 is 5.91 Å². The van der Waals surface area contributed by atoms with Crippen LogP contribution in [-0.2, 0) is 6.54 Å². The molecule has 2 fully saturated rings. The fourth-order valence-electron chi connectivity index (χ4n) is 5.43. The maximum absolute atomic E-state index is 13.6. The number of piperidine rings is 1. The van der Waals surface area contributed by atoms with E-state index in [0.29, 0.717) is 18.0 Å². The summed E-state index contributed by atoms with van der Waals surface area (Å²) in [6, 6.07) is 18.7. The highest BCUT2D eigenvalue weighted by Crippen LogP contribution is 2.42. The number of hydrogen-bond acceptors (Lipinski definition) is 4. The Balaban J connectivity index is 1.40. The van der Waals surface area contributed by atoms with E-state index in [1.165, 1.54) is 17.7 Å². The molecular formula is C27H28FN3O2. The number of methoxy groups -OCH3 is 1. The number of aromatic nitrogens is 1. The molecular weight excluding hydrogens is 417 g/mol. The number of carbonyl (C=O) groups is 1. The van der Waals surface area contributed by atoms with Crippen LogP contribution < -0.4 is 4.74 Å². The molecule has 0 unspecified atom stereocenters. The first-order valence-corrected chi connectivity index (χ1v) is 11.4. The molecule has 2 aliphatic heterocycles. The molecule has 2 saturated heterocycles. The lowest BCUT2D eigenvalue weighted by Crippen LogP contribution is -2.47. The van der Waals surface area contributed by atoms with E-state index >= 15 is 0 Å². The van der Waals surface area contributed by atoms with Gasteiger partial charge >= 0.3 is 0 Å². The number of nitrogens with zero attached hydrogens (tertiary/aromatic N) is 3. The summed E-state index contributed by atoms with van der Waals surface area (Å²) in [7, 11) is 1.69. The molecule has 3 heterocycles. The van der Waals surface area contributed by atoms with Gasteiger partial charge in [0.05, 0.1) is 7.11 Å². The highest BCUT2D eigenvalue weighted by atomic mass is 19.1. The molecule has 33 heavy (non-hydrogen) atoms. The zero-order valence-corrected chi connectivity index (χ0v) is 18.7. The number of benzene rings is 2. The summed E-state index contributed by atoms with van der Waals surface area (Å²) in [4.78, 5) is 21.9. The SMILES string of the molecule is COc1cccc(CN2CC[C@H]3[C@@H](C2)[C@H](c2ccc(F)cc2)CN3C(=O)c2ccncc2)c1. The molecule has 1 amide bonds. The van der Waals surface area contributed by atoms with Gasteiger partial charge in [-0.1, -0.05) is 24.3 Å². The lowest BCUT2D eigenvalue weighted by molar-refractivity contribution is 0.0613. The summed E-state index contributed by atoms with van der Waals surface area (Å²) < 4.78 is 19.0. The van der Waals surface area contributed by atoms with Gasteiger partial charge in [-0.2, -0.15) is 0 Å². The van der Waals surface area contributed by atoms with E-state index in [-0.39, 0.29) is 23.7 Å². The van der Waals surface area contributed by atoms with Crippen LogP contribution in [0.4, 0.5) is 4.39 Å². The van der Waals surface area contributed by atoms with Crippen molar-refractivity contribution in [2.45, 2.75) is 24.9 Å². The molecule has 5 rings (SSSR count). The van der Waals surface area contributed by atoms with Crippen LogP contribution in [0, 0.1) is 11.7 Å². The molecule has 3 aromatic rings. The zero-order valence-electron chi connectivity index (χ0n) is 18.7. The number of carbonyl (C=O) groups excluding carboxylic acids is 1. The second-order valence-corrected chi connectivity index (χ2v) is 8.96. The van der Waals surface area contributed by atoms with E-state index in [4.69, 9.17) is 4.74 Å². The van der Waals surface area contributed by atoms with Crippen molar-refractivity contribution in [2.75, 3.05) is 26.7 Å². The van der Waals surface area contributed by atoms with Crippen LogP contribution in [0.2, 0.25) is 0 Å².